The average Bonchev–Trinajstić information content (AvgIpc) is 2.47. The van der Waals surface area contributed by atoms with E-state index >= 15 is 0 Å². The molecule has 1 aromatic carbocycles. The molecule has 6 heteroatoms. The fraction of sp³-hybridized carbons (Fsp3) is 0.400. The Labute approximate surface area is 129 Å². The summed E-state index contributed by atoms with van der Waals surface area (Å²) in [7, 11) is 4.82. The lowest BCUT2D eigenvalue weighted by atomic mass is 10.1. The molecule has 0 aliphatic heterocycles. The van der Waals surface area contributed by atoms with Crippen LogP contribution in [-0.4, -0.2) is 32.9 Å². The third-order valence-corrected chi connectivity index (χ3v) is 3.37. The van der Waals surface area contributed by atoms with Crippen LogP contribution in [-0.2, 0) is 11.3 Å². The van der Waals surface area contributed by atoms with Gasteiger partial charge in [-0.05, 0) is 13.0 Å². The topological polar surface area (TPSA) is 52.6 Å². The molecule has 0 amide bonds. The zero-order chi connectivity index (χ0) is 15.4. The van der Waals surface area contributed by atoms with Gasteiger partial charge in [-0.1, -0.05) is 11.6 Å². The van der Waals surface area contributed by atoms with Gasteiger partial charge in [0.1, 0.15) is 17.0 Å². The van der Waals surface area contributed by atoms with E-state index < -0.39 is 0 Å². The number of nitrogens with zero attached hydrogens (tertiary/aromatic N) is 1. The van der Waals surface area contributed by atoms with Crippen molar-refractivity contribution in [3.8, 4) is 11.5 Å². The van der Waals surface area contributed by atoms with E-state index in [0.29, 0.717) is 28.6 Å². The molecule has 0 fully saturated rings. The number of pyridine rings is 1. The molecular formula is C15H19ClN2O3. The van der Waals surface area contributed by atoms with Gasteiger partial charge in [-0.25, -0.2) is 4.98 Å². The normalized spacial score (nSPS) is 10.7. The van der Waals surface area contributed by atoms with E-state index in [1.54, 1.807) is 27.4 Å². The predicted octanol–water partition coefficient (Wildman–Crippen LogP) is 3.48. The Balaban J connectivity index is 2.83. The zero-order valence-corrected chi connectivity index (χ0v) is 13.4. The van der Waals surface area contributed by atoms with Gasteiger partial charge in [0.05, 0.1) is 36.9 Å². The fourth-order valence-electron chi connectivity index (χ4n) is 2.28. The smallest absolute Gasteiger partial charge is 0.149 e. The van der Waals surface area contributed by atoms with Crippen molar-refractivity contribution in [2.45, 2.75) is 13.5 Å². The molecule has 21 heavy (non-hydrogen) atoms. The molecule has 0 bridgehead atoms. The van der Waals surface area contributed by atoms with Crippen LogP contribution in [0.5, 0.6) is 11.5 Å². The van der Waals surface area contributed by atoms with E-state index in [0.717, 1.165) is 23.3 Å². The Morgan fingerprint density at radius 2 is 1.95 bits per heavy atom. The third-order valence-electron chi connectivity index (χ3n) is 3.09. The van der Waals surface area contributed by atoms with Crippen molar-refractivity contribution in [1.29, 1.82) is 0 Å². The Morgan fingerprint density at radius 3 is 2.52 bits per heavy atom. The summed E-state index contributed by atoms with van der Waals surface area (Å²) in [4.78, 5) is 4.60. The molecule has 0 aliphatic carbocycles. The number of hydrogen-bond donors (Lipinski definition) is 1. The Morgan fingerprint density at radius 1 is 1.19 bits per heavy atom. The summed E-state index contributed by atoms with van der Waals surface area (Å²) in [6, 6.07) is 3.65. The standard InChI is InChI=1S/C15H19ClN2O3/c1-5-17-11-6-9(8-19-2)18-14-12(20-3)7-10(16)15(21-4)13(11)14/h6-7H,5,8H2,1-4H3,(H,17,18). The van der Waals surface area contributed by atoms with Crippen molar-refractivity contribution in [3.05, 3.63) is 22.8 Å². The maximum absolute atomic E-state index is 6.28. The minimum Gasteiger partial charge on any atom is -0.494 e. The lowest BCUT2D eigenvalue weighted by molar-refractivity contribution is 0.182. The molecule has 1 N–H and O–H groups in total. The maximum Gasteiger partial charge on any atom is 0.149 e. The summed E-state index contributed by atoms with van der Waals surface area (Å²) in [6.45, 7) is 3.21. The molecule has 0 saturated carbocycles. The summed E-state index contributed by atoms with van der Waals surface area (Å²) in [5.41, 5.74) is 2.40. The van der Waals surface area contributed by atoms with Crippen molar-refractivity contribution in [2.24, 2.45) is 0 Å². The first-order valence-electron chi connectivity index (χ1n) is 6.63. The minimum absolute atomic E-state index is 0.419. The van der Waals surface area contributed by atoms with Crippen molar-refractivity contribution in [2.75, 3.05) is 33.2 Å². The van der Waals surface area contributed by atoms with Crippen LogP contribution < -0.4 is 14.8 Å². The number of nitrogens with one attached hydrogen (secondary N) is 1. The van der Waals surface area contributed by atoms with Gasteiger partial charge in [-0.15, -0.1) is 0 Å². The highest BCUT2D eigenvalue weighted by Crippen LogP contribution is 2.42. The van der Waals surface area contributed by atoms with E-state index in [2.05, 4.69) is 10.3 Å². The molecule has 1 aromatic heterocycles. The molecule has 114 valence electrons. The van der Waals surface area contributed by atoms with Gasteiger partial charge in [0.25, 0.3) is 0 Å². The Bertz CT molecular complexity index is 647. The van der Waals surface area contributed by atoms with Crippen LogP contribution in [0.25, 0.3) is 10.9 Å². The van der Waals surface area contributed by atoms with Gasteiger partial charge in [-0.3, -0.25) is 0 Å². The van der Waals surface area contributed by atoms with E-state index in [-0.39, 0.29) is 0 Å². The SMILES string of the molecule is CCNc1cc(COC)nc2c(OC)cc(Cl)c(OC)c12. The molecule has 0 spiro atoms. The van der Waals surface area contributed by atoms with Crippen molar-refractivity contribution in [3.63, 3.8) is 0 Å². The zero-order valence-electron chi connectivity index (χ0n) is 12.6. The second-order valence-corrected chi connectivity index (χ2v) is 4.85. The summed E-state index contributed by atoms with van der Waals surface area (Å²) in [5.74, 6) is 1.19. The van der Waals surface area contributed by atoms with Crippen LogP contribution in [0.4, 0.5) is 5.69 Å². The van der Waals surface area contributed by atoms with Gasteiger partial charge in [-0.2, -0.15) is 0 Å². The predicted molar refractivity (Wildman–Crippen MR) is 84.7 cm³/mol. The molecular weight excluding hydrogens is 292 g/mol. The van der Waals surface area contributed by atoms with Crippen molar-refractivity contribution >= 4 is 28.2 Å². The number of ether oxygens (including phenoxy) is 3. The average molecular weight is 311 g/mol. The van der Waals surface area contributed by atoms with Crippen LogP contribution in [0.3, 0.4) is 0 Å². The quantitative estimate of drug-likeness (QED) is 0.885. The molecule has 2 aromatic rings. The van der Waals surface area contributed by atoms with Crippen molar-refractivity contribution in [1.82, 2.24) is 4.98 Å². The lowest BCUT2D eigenvalue weighted by Crippen LogP contribution is -2.04. The van der Waals surface area contributed by atoms with Gasteiger partial charge in [0, 0.05) is 25.4 Å². The highest BCUT2D eigenvalue weighted by Gasteiger charge is 2.18. The van der Waals surface area contributed by atoms with Gasteiger partial charge in [0.15, 0.2) is 0 Å². The summed E-state index contributed by atoms with van der Waals surface area (Å²) in [6.07, 6.45) is 0. The maximum atomic E-state index is 6.28. The Kier molecular flexibility index (Phi) is 5.09. The minimum atomic E-state index is 0.419. The van der Waals surface area contributed by atoms with Crippen LogP contribution >= 0.6 is 11.6 Å². The number of rotatable bonds is 6. The van der Waals surface area contributed by atoms with Crippen molar-refractivity contribution < 1.29 is 14.2 Å². The van der Waals surface area contributed by atoms with E-state index in [1.807, 2.05) is 13.0 Å². The van der Waals surface area contributed by atoms with Crippen LogP contribution in [0.2, 0.25) is 5.02 Å². The van der Waals surface area contributed by atoms with Gasteiger partial charge < -0.3 is 19.5 Å². The Hall–Kier alpha value is -1.72. The molecule has 0 unspecified atom stereocenters. The largest absolute Gasteiger partial charge is 0.494 e. The molecule has 0 aliphatic rings. The number of benzene rings is 1. The molecule has 2 rings (SSSR count). The van der Waals surface area contributed by atoms with Crippen LogP contribution in [0, 0.1) is 0 Å². The number of aromatic nitrogens is 1. The van der Waals surface area contributed by atoms with Gasteiger partial charge in [0.2, 0.25) is 0 Å². The van der Waals surface area contributed by atoms with Crippen LogP contribution in [0.1, 0.15) is 12.6 Å². The monoisotopic (exact) mass is 310 g/mol. The summed E-state index contributed by atoms with van der Waals surface area (Å²) in [5, 5.41) is 4.61. The number of anilines is 1. The highest BCUT2D eigenvalue weighted by atomic mass is 35.5. The number of fused-ring (bicyclic) bond motifs is 1. The molecule has 0 atom stereocenters. The first-order chi connectivity index (χ1) is 10.2. The first kappa shape index (κ1) is 15.7. The lowest BCUT2D eigenvalue weighted by Gasteiger charge is -2.16. The van der Waals surface area contributed by atoms with E-state index in [1.165, 1.54) is 0 Å². The molecule has 5 nitrogen and oxygen atoms in total. The number of halogens is 1. The van der Waals surface area contributed by atoms with E-state index in [9.17, 15) is 0 Å². The van der Waals surface area contributed by atoms with Crippen LogP contribution in [0.15, 0.2) is 12.1 Å². The second kappa shape index (κ2) is 6.83. The molecule has 0 radical (unpaired) electrons. The number of hydrogen-bond acceptors (Lipinski definition) is 5. The molecule has 0 saturated heterocycles. The second-order valence-electron chi connectivity index (χ2n) is 4.44. The fourth-order valence-corrected chi connectivity index (χ4v) is 2.55. The van der Waals surface area contributed by atoms with Gasteiger partial charge >= 0.3 is 0 Å². The van der Waals surface area contributed by atoms with E-state index in [4.69, 9.17) is 25.8 Å². The first-order valence-corrected chi connectivity index (χ1v) is 7.00. The third kappa shape index (κ3) is 2.99. The number of methoxy groups -OCH3 is 3. The summed E-state index contributed by atoms with van der Waals surface area (Å²) >= 11 is 6.28. The molecule has 1 heterocycles. The summed E-state index contributed by atoms with van der Waals surface area (Å²) < 4.78 is 16.0. The highest BCUT2D eigenvalue weighted by molar-refractivity contribution is 6.34.